The largest absolute Gasteiger partial charge is 0.543 e. The summed E-state index contributed by atoms with van der Waals surface area (Å²) in [7, 11) is 3.19. The number of β-lactam (4-membered cyclic amide) rings is 1. The van der Waals surface area contributed by atoms with Gasteiger partial charge in [-0.1, -0.05) is 5.16 Å². The van der Waals surface area contributed by atoms with E-state index in [1.54, 1.807) is 5.38 Å². The number of carbonyl (C=O) groups excluding carboxylic acids is 3. The number of rotatable bonds is 7. The maximum Gasteiger partial charge on any atom is 0.276 e. The maximum absolute atomic E-state index is 13.1. The van der Waals surface area contributed by atoms with E-state index in [2.05, 4.69) is 27.6 Å². The number of nitrogen functional groups attached to an aromatic ring is 1. The number of benzene rings is 1. The van der Waals surface area contributed by atoms with Crippen LogP contribution < -0.4 is 20.8 Å². The summed E-state index contributed by atoms with van der Waals surface area (Å²) in [4.78, 5) is 48.3. The van der Waals surface area contributed by atoms with E-state index in [0.29, 0.717) is 11.3 Å². The van der Waals surface area contributed by atoms with Gasteiger partial charge in [-0.05, 0) is 37.1 Å². The highest BCUT2D eigenvalue weighted by Gasteiger charge is 2.53. The number of aliphatic carboxylic acids is 1. The van der Waals surface area contributed by atoms with Crippen LogP contribution in [0.4, 0.5) is 5.13 Å². The zero-order valence-electron chi connectivity index (χ0n) is 21.0. The Balaban J connectivity index is 1.39. The number of carboxylic acid groups (broad SMARTS) is 1. The SMILES string of the molecule is CO/N=C(\C(=O)N[C@@H]1C(=O)N2C(C(=O)[O-])=C(C[n+]3cc4cc(C)c(C)cc4n3C)CS[C@H]12)c1csc(N)n1. The second-order valence-electron chi connectivity index (χ2n) is 9.04. The van der Waals surface area contributed by atoms with Crippen LogP contribution in [-0.2, 0) is 32.8 Å². The van der Waals surface area contributed by atoms with Crippen LogP contribution in [0.25, 0.3) is 10.9 Å². The lowest BCUT2D eigenvalue weighted by Crippen LogP contribution is -2.71. The standard InChI is InChI=1S/C24H25N7O5S2/c1-11-5-13-7-30(29(3)16(13)6-12(11)2)8-14-9-37-22-18(21(33)31(22)19(14)23(34)35)27-20(32)17(28-36-4)15-10-38-24(25)26-15/h5-7,10,18,22H,8-9H2,1-4H3,(H3-,25,26,27,32,34,35)/b28-17-/t18-,22-/m1/s1. The van der Waals surface area contributed by atoms with Gasteiger partial charge in [0.05, 0.1) is 24.1 Å². The van der Waals surface area contributed by atoms with E-state index < -0.39 is 29.2 Å². The summed E-state index contributed by atoms with van der Waals surface area (Å²) in [5.41, 5.74) is 9.47. The number of oxime groups is 1. The number of nitrogens with zero attached hydrogens (tertiary/aromatic N) is 5. The number of nitrogens with two attached hydrogens (primary N) is 1. The Labute approximate surface area is 225 Å². The first-order valence-corrected chi connectivity index (χ1v) is 13.5. The number of hydrogen-bond acceptors (Lipinski definition) is 10. The lowest BCUT2D eigenvalue weighted by Gasteiger charge is -2.50. The number of amides is 2. The molecule has 3 aromatic rings. The molecule has 0 spiro atoms. The monoisotopic (exact) mass is 555 g/mol. The molecule has 0 unspecified atom stereocenters. The second-order valence-corrected chi connectivity index (χ2v) is 11.0. The molecule has 2 atom stereocenters. The average molecular weight is 556 g/mol. The molecule has 0 saturated carbocycles. The number of thiazole rings is 1. The highest BCUT2D eigenvalue weighted by atomic mass is 32.2. The molecule has 2 aliphatic rings. The Bertz CT molecular complexity index is 1560. The quantitative estimate of drug-likeness (QED) is 0.172. The molecule has 2 aromatic heterocycles. The number of carboxylic acids is 1. The molecular weight excluding hydrogens is 530 g/mol. The molecule has 2 aliphatic heterocycles. The zero-order valence-corrected chi connectivity index (χ0v) is 22.7. The van der Waals surface area contributed by atoms with Crippen molar-refractivity contribution in [2.24, 2.45) is 12.2 Å². The fraction of sp³-hybridized carbons (Fsp3) is 0.333. The lowest BCUT2D eigenvalue weighted by molar-refractivity contribution is -0.764. The topological polar surface area (TPSA) is 159 Å². The van der Waals surface area contributed by atoms with Gasteiger partial charge in [0.15, 0.2) is 17.4 Å². The van der Waals surface area contributed by atoms with Gasteiger partial charge in [-0.25, -0.2) is 4.98 Å². The second kappa shape index (κ2) is 9.76. The number of thioether (sulfide) groups is 1. The van der Waals surface area contributed by atoms with Gasteiger partial charge in [-0.15, -0.1) is 27.8 Å². The van der Waals surface area contributed by atoms with E-state index in [4.69, 9.17) is 10.6 Å². The molecule has 3 N–H and O–H groups in total. The number of nitrogens with one attached hydrogen (secondary N) is 1. The molecule has 198 valence electrons. The Morgan fingerprint density at radius 2 is 2.08 bits per heavy atom. The van der Waals surface area contributed by atoms with Crippen molar-refractivity contribution in [2.45, 2.75) is 31.8 Å². The van der Waals surface area contributed by atoms with Crippen molar-refractivity contribution in [1.29, 1.82) is 0 Å². The Morgan fingerprint density at radius 3 is 2.74 bits per heavy atom. The Morgan fingerprint density at radius 1 is 1.34 bits per heavy atom. The van der Waals surface area contributed by atoms with Crippen LogP contribution in [0.3, 0.4) is 0 Å². The highest BCUT2D eigenvalue weighted by molar-refractivity contribution is 8.00. The van der Waals surface area contributed by atoms with Crippen molar-refractivity contribution >= 4 is 62.6 Å². The summed E-state index contributed by atoms with van der Waals surface area (Å²) < 4.78 is 3.88. The predicted molar refractivity (Wildman–Crippen MR) is 140 cm³/mol. The molecule has 0 radical (unpaired) electrons. The highest BCUT2D eigenvalue weighted by Crippen LogP contribution is 2.40. The fourth-order valence-electron chi connectivity index (χ4n) is 4.63. The third-order valence-electron chi connectivity index (χ3n) is 6.71. The van der Waals surface area contributed by atoms with Crippen molar-refractivity contribution in [1.82, 2.24) is 19.9 Å². The first-order valence-electron chi connectivity index (χ1n) is 11.6. The minimum Gasteiger partial charge on any atom is -0.543 e. The number of anilines is 1. The summed E-state index contributed by atoms with van der Waals surface area (Å²) in [5, 5.41) is 20.8. The summed E-state index contributed by atoms with van der Waals surface area (Å²) in [6.45, 7) is 4.35. The molecular formula is C24H25N7O5S2. The van der Waals surface area contributed by atoms with Crippen molar-refractivity contribution in [2.75, 3.05) is 18.6 Å². The van der Waals surface area contributed by atoms with Gasteiger partial charge in [0.1, 0.15) is 29.7 Å². The Kier molecular flexibility index (Phi) is 6.61. The number of carbonyl (C=O) groups is 3. The van der Waals surface area contributed by atoms with Crippen LogP contribution in [0, 0.1) is 13.8 Å². The Hall–Kier alpha value is -3.91. The number of fused-ring (bicyclic) bond motifs is 2. The van der Waals surface area contributed by atoms with Crippen molar-refractivity contribution in [3.8, 4) is 0 Å². The van der Waals surface area contributed by atoms with Crippen LogP contribution in [0.2, 0.25) is 0 Å². The molecule has 0 aliphatic carbocycles. The van der Waals surface area contributed by atoms with Gasteiger partial charge in [0.2, 0.25) is 6.20 Å². The van der Waals surface area contributed by atoms with Crippen molar-refractivity contribution in [3.05, 3.63) is 51.8 Å². The molecule has 1 fully saturated rings. The molecule has 38 heavy (non-hydrogen) atoms. The molecule has 4 heterocycles. The van der Waals surface area contributed by atoms with E-state index in [9.17, 15) is 19.5 Å². The van der Waals surface area contributed by atoms with Crippen LogP contribution in [0.1, 0.15) is 16.8 Å². The fourth-order valence-corrected chi connectivity index (χ4v) is 6.52. The zero-order chi connectivity index (χ0) is 27.3. The molecule has 5 rings (SSSR count). The molecule has 1 aromatic carbocycles. The third-order valence-corrected chi connectivity index (χ3v) is 8.72. The van der Waals surface area contributed by atoms with Gasteiger partial charge in [-0.2, -0.15) is 4.68 Å². The van der Waals surface area contributed by atoms with Gasteiger partial charge >= 0.3 is 0 Å². The first-order chi connectivity index (χ1) is 18.1. The smallest absolute Gasteiger partial charge is 0.276 e. The maximum atomic E-state index is 13.1. The summed E-state index contributed by atoms with van der Waals surface area (Å²) in [6, 6.07) is 3.24. The molecule has 2 amide bonds. The van der Waals surface area contributed by atoms with E-state index in [1.165, 1.54) is 23.8 Å². The summed E-state index contributed by atoms with van der Waals surface area (Å²) in [6.07, 6.45) is 1.96. The molecule has 1 saturated heterocycles. The first kappa shape index (κ1) is 25.7. The molecule has 0 bridgehead atoms. The molecule has 12 nitrogen and oxygen atoms in total. The minimum atomic E-state index is -1.44. The number of hydrogen-bond donors (Lipinski definition) is 2. The van der Waals surface area contributed by atoms with Crippen LogP contribution in [0.15, 0.2) is 40.1 Å². The summed E-state index contributed by atoms with van der Waals surface area (Å²) in [5.74, 6) is -2.32. The van der Waals surface area contributed by atoms with Crippen LogP contribution in [-0.4, -0.2) is 62.3 Å². The van der Waals surface area contributed by atoms with Crippen molar-refractivity contribution in [3.63, 3.8) is 0 Å². The van der Waals surface area contributed by atoms with Crippen molar-refractivity contribution < 1.29 is 29.0 Å². The van der Waals surface area contributed by atoms with E-state index >= 15 is 0 Å². The average Bonchev–Trinajstić information content (AvgIpc) is 3.43. The minimum absolute atomic E-state index is 0.137. The van der Waals surface area contributed by atoms with E-state index in [0.717, 1.165) is 33.4 Å². The molecule has 14 heteroatoms. The normalized spacial score (nSPS) is 19.4. The van der Waals surface area contributed by atoms with Gasteiger partial charge in [-0.3, -0.25) is 14.5 Å². The van der Waals surface area contributed by atoms with Gasteiger partial charge in [0.25, 0.3) is 11.8 Å². The van der Waals surface area contributed by atoms with Gasteiger partial charge in [0, 0.05) is 16.7 Å². The van der Waals surface area contributed by atoms with E-state index in [1.807, 2.05) is 36.5 Å². The summed E-state index contributed by atoms with van der Waals surface area (Å²) >= 11 is 2.50. The van der Waals surface area contributed by atoms with Crippen LogP contribution in [0.5, 0.6) is 0 Å². The third kappa shape index (κ3) is 4.28. The lowest BCUT2D eigenvalue weighted by atomic mass is 10.0. The number of aryl methyl sites for hydroxylation is 3. The predicted octanol–water partition coefficient (Wildman–Crippen LogP) is -0.424. The van der Waals surface area contributed by atoms with Gasteiger partial charge < -0.3 is 25.8 Å². The van der Waals surface area contributed by atoms with E-state index in [-0.39, 0.29) is 28.8 Å². The van der Waals surface area contributed by atoms with Crippen LogP contribution >= 0.6 is 23.1 Å². The number of aromatic nitrogens is 3.